The molecule has 4 aromatic rings. The van der Waals surface area contributed by atoms with Gasteiger partial charge in [0, 0.05) is 22.3 Å². The van der Waals surface area contributed by atoms with E-state index in [-0.39, 0.29) is 0 Å². The van der Waals surface area contributed by atoms with E-state index in [1.54, 1.807) is 0 Å². The van der Waals surface area contributed by atoms with Crippen molar-refractivity contribution >= 4 is 38.5 Å². The van der Waals surface area contributed by atoms with Gasteiger partial charge >= 0.3 is 0 Å². The molecule has 2 aromatic carbocycles. The van der Waals surface area contributed by atoms with Gasteiger partial charge in [-0.15, -0.1) is 0 Å². The highest BCUT2D eigenvalue weighted by molar-refractivity contribution is 9.10. The van der Waals surface area contributed by atoms with Crippen LogP contribution in [0.5, 0.6) is 0 Å². The van der Waals surface area contributed by atoms with Gasteiger partial charge < -0.3 is 11.1 Å². The van der Waals surface area contributed by atoms with Gasteiger partial charge in [0.15, 0.2) is 5.65 Å². The number of nitrogens with zero attached hydrogens (tertiary/aromatic N) is 3. The fraction of sp³-hybridized carbons (Fsp3) is 0.0952. The maximum Gasteiger partial charge on any atom is 0.165 e. The molecule has 0 saturated carbocycles. The molecule has 3 N–H and O–H groups in total. The smallest absolute Gasteiger partial charge is 0.165 e. The fourth-order valence-corrected chi connectivity index (χ4v) is 3.48. The van der Waals surface area contributed by atoms with Gasteiger partial charge in [-0.05, 0) is 48.4 Å². The molecule has 134 valence electrons. The monoisotopic (exact) mass is 419 g/mol. The second-order valence-corrected chi connectivity index (χ2v) is 7.05. The van der Waals surface area contributed by atoms with Gasteiger partial charge in [-0.3, -0.25) is 0 Å². The topological polar surface area (TPSA) is 76.7 Å². The molecule has 0 bridgehead atoms. The van der Waals surface area contributed by atoms with E-state index in [2.05, 4.69) is 68.5 Å². The lowest BCUT2D eigenvalue weighted by atomic mass is 10.00. The van der Waals surface area contributed by atoms with Crippen molar-refractivity contribution in [2.24, 2.45) is 0 Å². The van der Waals surface area contributed by atoms with Crippen LogP contribution in [-0.2, 0) is 0 Å². The minimum atomic E-state index is 0.427. The predicted octanol–water partition coefficient (Wildman–Crippen LogP) is 5.14. The number of halogens is 1. The van der Waals surface area contributed by atoms with Gasteiger partial charge in [-0.1, -0.05) is 40.2 Å². The maximum absolute atomic E-state index is 6.16. The third-order valence-corrected chi connectivity index (χ3v) is 4.82. The second kappa shape index (κ2) is 7.32. The number of benzene rings is 2. The zero-order valence-corrected chi connectivity index (χ0v) is 16.4. The number of nitrogens with one attached hydrogen (secondary N) is 1. The molecule has 0 aliphatic rings. The Bertz CT molecular complexity index is 1110. The van der Waals surface area contributed by atoms with E-state index in [1.165, 1.54) is 6.33 Å². The van der Waals surface area contributed by atoms with Crippen LogP contribution in [0.15, 0.2) is 65.4 Å². The SMILES string of the molecule is CCNc1ccc(-c2cc(-c3cccc(Br)c3)c3c(N)ncnc3n2)cc1. The van der Waals surface area contributed by atoms with Crippen molar-refractivity contribution in [3.8, 4) is 22.4 Å². The van der Waals surface area contributed by atoms with Gasteiger partial charge in [-0.25, -0.2) is 15.0 Å². The third-order valence-electron chi connectivity index (χ3n) is 4.33. The number of nitrogen functional groups attached to an aromatic ring is 1. The highest BCUT2D eigenvalue weighted by Crippen LogP contribution is 2.34. The Morgan fingerprint density at radius 1 is 1.00 bits per heavy atom. The van der Waals surface area contributed by atoms with Crippen molar-refractivity contribution < 1.29 is 0 Å². The number of aromatic nitrogens is 3. The summed E-state index contributed by atoms with van der Waals surface area (Å²) in [6.45, 7) is 2.96. The Kier molecular flexibility index (Phi) is 4.73. The summed E-state index contributed by atoms with van der Waals surface area (Å²) in [7, 11) is 0. The zero-order valence-electron chi connectivity index (χ0n) is 14.8. The largest absolute Gasteiger partial charge is 0.385 e. The third kappa shape index (κ3) is 3.48. The number of rotatable bonds is 4. The van der Waals surface area contributed by atoms with Crippen LogP contribution in [0.1, 0.15) is 6.92 Å². The highest BCUT2D eigenvalue weighted by atomic mass is 79.9. The summed E-state index contributed by atoms with van der Waals surface area (Å²) < 4.78 is 0.997. The van der Waals surface area contributed by atoms with Crippen LogP contribution in [-0.4, -0.2) is 21.5 Å². The molecule has 0 aliphatic carbocycles. The molecule has 0 atom stereocenters. The molecule has 27 heavy (non-hydrogen) atoms. The van der Waals surface area contributed by atoms with Crippen molar-refractivity contribution in [2.45, 2.75) is 6.92 Å². The van der Waals surface area contributed by atoms with Crippen LogP contribution >= 0.6 is 15.9 Å². The van der Waals surface area contributed by atoms with Crippen molar-refractivity contribution in [1.29, 1.82) is 0 Å². The molecule has 2 aromatic heterocycles. The van der Waals surface area contributed by atoms with Crippen LogP contribution < -0.4 is 11.1 Å². The first-order valence-electron chi connectivity index (χ1n) is 8.67. The Morgan fingerprint density at radius 3 is 2.56 bits per heavy atom. The van der Waals surface area contributed by atoms with E-state index in [9.17, 15) is 0 Å². The molecular formula is C21H18BrN5. The Morgan fingerprint density at radius 2 is 1.81 bits per heavy atom. The number of nitrogens with two attached hydrogens (primary N) is 1. The average Bonchev–Trinajstić information content (AvgIpc) is 2.68. The molecule has 0 amide bonds. The molecule has 5 nitrogen and oxygen atoms in total. The van der Waals surface area contributed by atoms with Crippen LogP contribution in [0.25, 0.3) is 33.4 Å². The molecule has 0 unspecified atom stereocenters. The van der Waals surface area contributed by atoms with E-state index in [0.717, 1.165) is 44.5 Å². The lowest BCUT2D eigenvalue weighted by molar-refractivity contribution is 1.19. The van der Waals surface area contributed by atoms with Crippen molar-refractivity contribution in [2.75, 3.05) is 17.6 Å². The summed E-state index contributed by atoms with van der Waals surface area (Å²) >= 11 is 3.54. The summed E-state index contributed by atoms with van der Waals surface area (Å²) in [6, 6.07) is 18.4. The van der Waals surface area contributed by atoms with Gasteiger partial charge in [-0.2, -0.15) is 0 Å². The average molecular weight is 420 g/mol. The van der Waals surface area contributed by atoms with Crippen LogP contribution in [0.2, 0.25) is 0 Å². The highest BCUT2D eigenvalue weighted by Gasteiger charge is 2.14. The first kappa shape index (κ1) is 17.4. The second-order valence-electron chi connectivity index (χ2n) is 6.13. The summed E-state index contributed by atoms with van der Waals surface area (Å²) in [4.78, 5) is 13.2. The molecule has 0 aliphatic heterocycles. The van der Waals surface area contributed by atoms with Gasteiger partial charge in [0.1, 0.15) is 12.1 Å². The van der Waals surface area contributed by atoms with Gasteiger partial charge in [0.25, 0.3) is 0 Å². The number of anilines is 2. The van der Waals surface area contributed by atoms with E-state index < -0.39 is 0 Å². The number of hydrogen-bond donors (Lipinski definition) is 2. The quantitative estimate of drug-likeness (QED) is 0.478. The molecule has 6 heteroatoms. The van der Waals surface area contributed by atoms with Crippen molar-refractivity contribution in [3.05, 3.63) is 65.4 Å². The lowest BCUT2D eigenvalue weighted by Gasteiger charge is -2.12. The first-order valence-corrected chi connectivity index (χ1v) is 9.46. The molecule has 0 radical (unpaired) electrons. The zero-order chi connectivity index (χ0) is 18.8. The molecule has 0 saturated heterocycles. The summed E-state index contributed by atoms with van der Waals surface area (Å²) in [5.41, 5.74) is 11.7. The normalized spacial score (nSPS) is 10.9. The van der Waals surface area contributed by atoms with E-state index in [0.29, 0.717) is 11.5 Å². The van der Waals surface area contributed by atoms with Crippen molar-refractivity contribution in [1.82, 2.24) is 15.0 Å². The van der Waals surface area contributed by atoms with Crippen LogP contribution in [0.4, 0.5) is 11.5 Å². The Hall–Kier alpha value is -2.99. The van der Waals surface area contributed by atoms with Crippen molar-refractivity contribution in [3.63, 3.8) is 0 Å². The lowest BCUT2D eigenvalue weighted by Crippen LogP contribution is -1.99. The fourth-order valence-electron chi connectivity index (χ4n) is 3.08. The van der Waals surface area contributed by atoms with E-state index in [1.807, 2.05) is 24.3 Å². The first-order chi connectivity index (χ1) is 13.2. The summed E-state index contributed by atoms with van der Waals surface area (Å²) in [5.74, 6) is 0.427. The Balaban J connectivity index is 1.93. The predicted molar refractivity (Wildman–Crippen MR) is 114 cm³/mol. The van der Waals surface area contributed by atoms with Crippen LogP contribution in [0, 0.1) is 0 Å². The standard InChI is InChI=1S/C21H18BrN5/c1-2-24-16-8-6-13(7-9-16)18-11-17(14-4-3-5-15(22)10-14)19-20(23)25-12-26-21(19)27-18/h3-12,24H,2H2,1H3,(H2,23,25,26,27). The number of fused-ring (bicyclic) bond motifs is 1. The molecule has 0 fully saturated rings. The number of pyridine rings is 1. The van der Waals surface area contributed by atoms with Gasteiger partial charge in [0.05, 0.1) is 11.1 Å². The minimum absolute atomic E-state index is 0.427. The summed E-state index contributed by atoms with van der Waals surface area (Å²) in [5, 5.41) is 4.07. The van der Waals surface area contributed by atoms with E-state index >= 15 is 0 Å². The van der Waals surface area contributed by atoms with E-state index in [4.69, 9.17) is 10.7 Å². The molecule has 2 heterocycles. The number of hydrogen-bond acceptors (Lipinski definition) is 5. The van der Waals surface area contributed by atoms with Gasteiger partial charge in [0.2, 0.25) is 0 Å². The van der Waals surface area contributed by atoms with Crippen LogP contribution in [0.3, 0.4) is 0 Å². The Labute approximate surface area is 165 Å². The maximum atomic E-state index is 6.16. The molecular weight excluding hydrogens is 402 g/mol. The molecule has 4 rings (SSSR count). The summed E-state index contributed by atoms with van der Waals surface area (Å²) in [6.07, 6.45) is 1.45. The molecule has 0 spiro atoms. The minimum Gasteiger partial charge on any atom is -0.385 e.